The third-order valence-electron chi connectivity index (χ3n) is 3.21. The van der Waals surface area contributed by atoms with Crippen LogP contribution in [0.15, 0.2) is 45.5 Å². The molecule has 2 heterocycles. The first-order chi connectivity index (χ1) is 9.69. The lowest BCUT2D eigenvalue weighted by molar-refractivity contribution is 0.0964. The molecule has 0 aliphatic heterocycles. The molecule has 0 aliphatic rings. The first-order valence-electron chi connectivity index (χ1n) is 6.42. The summed E-state index contributed by atoms with van der Waals surface area (Å²) >= 11 is 3.20. The van der Waals surface area contributed by atoms with Crippen LogP contribution < -0.4 is 0 Å². The normalized spacial score (nSPS) is 11.1. The fraction of sp³-hybridized carbons (Fsp3) is 0.200. The Hall–Kier alpha value is -1.88. The van der Waals surface area contributed by atoms with Crippen molar-refractivity contribution in [1.29, 1.82) is 0 Å². The van der Waals surface area contributed by atoms with Gasteiger partial charge in [-0.3, -0.25) is 9.48 Å². The summed E-state index contributed by atoms with van der Waals surface area (Å²) in [6.45, 7) is 2.82. The molecule has 0 fully saturated rings. The molecule has 5 heteroatoms. The van der Waals surface area contributed by atoms with Crippen LogP contribution in [0.1, 0.15) is 23.2 Å². The van der Waals surface area contributed by atoms with Crippen molar-refractivity contribution >= 4 is 32.6 Å². The van der Waals surface area contributed by atoms with Gasteiger partial charge < -0.3 is 4.42 Å². The summed E-state index contributed by atoms with van der Waals surface area (Å²) in [7, 11) is 0. The van der Waals surface area contributed by atoms with Crippen molar-refractivity contribution in [3.63, 3.8) is 0 Å². The van der Waals surface area contributed by atoms with Gasteiger partial charge in [-0.2, -0.15) is 5.10 Å². The van der Waals surface area contributed by atoms with Crippen molar-refractivity contribution < 1.29 is 9.21 Å². The van der Waals surface area contributed by atoms with Crippen LogP contribution in [0.3, 0.4) is 0 Å². The summed E-state index contributed by atoms with van der Waals surface area (Å²) < 4.78 is 7.77. The fourth-order valence-corrected chi connectivity index (χ4v) is 2.58. The number of ketones is 1. The molecule has 1 aromatic carbocycles. The molecule has 0 N–H and O–H groups in total. The molecule has 0 spiro atoms. The number of fused-ring (bicyclic) bond motifs is 1. The van der Waals surface area contributed by atoms with E-state index in [0.717, 1.165) is 23.1 Å². The highest BCUT2D eigenvalue weighted by molar-refractivity contribution is 9.10. The average molecular weight is 333 g/mol. The number of rotatable bonds is 4. The van der Waals surface area contributed by atoms with Crippen LogP contribution in [0.5, 0.6) is 0 Å². The second-order valence-electron chi connectivity index (χ2n) is 4.48. The van der Waals surface area contributed by atoms with Gasteiger partial charge in [0.05, 0.1) is 17.6 Å². The van der Waals surface area contributed by atoms with Gasteiger partial charge in [-0.15, -0.1) is 0 Å². The molecule has 102 valence electrons. The molecule has 0 bridgehead atoms. The van der Waals surface area contributed by atoms with Gasteiger partial charge in [0.2, 0.25) is 5.78 Å². The van der Waals surface area contributed by atoms with Gasteiger partial charge in [0.25, 0.3) is 0 Å². The molecule has 0 aliphatic carbocycles. The van der Waals surface area contributed by atoms with E-state index in [9.17, 15) is 4.79 Å². The highest BCUT2D eigenvalue weighted by atomic mass is 79.9. The lowest BCUT2D eigenvalue weighted by Gasteiger charge is -1.95. The lowest BCUT2D eigenvalue weighted by atomic mass is 10.1. The Morgan fingerprint density at radius 2 is 2.10 bits per heavy atom. The molecule has 3 rings (SSSR count). The van der Waals surface area contributed by atoms with E-state index < -0.39 is 0 Å². The van der Waals surface area contributed by atoms with Gasteiger partial charge in [-0.05, 0) is 41.1 Å². The van der Waals surface area contributed by atoms with Gasteiger partial charge >= 0.3 is 0 Å². The highest BCUT2D eigenvalue weighted by Gasteiger charge is 2.16. The summed E-state index contributed by atoms with van der Waals surface area (Å²) in [5.74, 6) is 0.286. The van der Waals surface area contributed by atoms with E-state index in [-0.39, 0.29) is 12.2 Å². The Balaban J connectivity index is 1.97. The first-order valence-corrected chi connectivity index (χ1v) is 7.21. The van der Waals surface area contributed by atoms with Crippen molar-refractivity contribution in [1.82, 2.24) is 9.78 Å². The van der Waals surface area contributed by atoms with Crippen LogP contribution >= 0.6 is 15.9 Å². The second-order valence-corrected chi connectivity index (χ2v) is 5.26. The largest absolute Gasteiger partial charge is 0.446 e. The van der Waals surface area contributed by atoms with Gasteiger partial charge in [0, 0.05) is 11.9 Å². The maximum Gasteiger partial charge on any atom is 0.204 e. The van der Waals surface area contributed by atoms with E-state index in [1.54, 1.807) is 12.1 Å². The lowest BCUT2D eigenvalue weighted by Crippen LogP contribution is -2.04. The number of nitrogens with zero attached hydrogens (tertiary/aromatic N) is 2. The number of hydrogen-bond donors (Lipinski definition) is 0. The zero-order valence-electron chi connectivity index (χ0n) is 11.0. The van der Waals surface area contributed by atoms with Crippen LogP contribution in [-0.4, -0.2) is 15.6 Å². The minimum Gasteiger partial charge on any atom is -0.446 e. The Morgan fingerprint density at radius 3 is 2.80 bits per heavy atom. The summed E-state index contributed by atoms with van der Waals surface area (Å²) in [5, 5.41) is 5.54. The predicted octanol–water partition coefficient (Wildman–Crippen LogP) is 3.84. The number of aryl methyl sites for hydroxylation is 1. The number of aromatic nitrogens is 2. The van der Waals surface area contributed by atoms with E-state index >= 15 is 0 Å². The third-order valence-corrected chi connectivity index (χ3v) is 3.64. The molecule has 0 amide bonds. The van der Waals surface area contributed by atoms with Gasteiger partial charge in [-0.25, -0.2) is 0 Å². The number of para-hydroxylation sites is 1. The zero-order valence-corrected chi connectivity index (χ0v) is 12.6. The maximum atomic E-state index is 12.2. The zero-order chi connectivity index (χ0) is 14.1. The van der Waals surface area contributed by atoms with Gasteiger partial charge in [0.1, 0.15) is 0 Å². The maximum absolute atomic E-state index is 12.2. The van der Waals surface area contributed by atoms with E-state index in [0.29, 0.717) is 10.4 Å². The summed E-state index contributed by atoms with van der Waals surface area (Å²) in [6, 6.07) is 11.3. The smallest absolute Gasteiger partial charge is 0.204 e. The molecule has 0 radical (unpaired) electrons. The van der Waals surface area contributed by atoms with Crippen LogP contribution in [0.2, 0.25) is 0 Å². The molecular formula is C15H13BrN2O2. The van der Waals surface area contributed by atoms with Crippen LogP contribution in [-0.2, 0) is 13.0 Å². The first kappa shape index (κ1) is 13.1. The standard InChI is InChI=1S/C15H13BrN2O2/c1-2-18-12-6-4-3-5-10(12)11(17-18)9-13(19)14-7-8-15(16)20-14/h3-8H,2,9H2,1H3. The van der Waals surface area contributed by atoms with Crippen LogP contribution in [0.4, 0.5) is 0 Å². The van der Waals surface area contributed by atoms with Crippen molar-refractivity contribution in [3.05, 3.63) is 52.5 Å². The SMILES string of the molecule is CCn1nc(CC(=O)c2ccc(Br)o2)c2ccccc21. The van der Waals surface area contributed by atoms with Gasteiger partial charge in [-0.1, -0.05) is 18.2 Å². The van der Waals surface area contributed by atoms with Crippen LogP contribution in [0.25, 0.3) is 10.9 Å². The average Bonchev–Trinajstić information content (AvgIpc) is 3.03. The topological polar surface area (TPSA) is 48.0 Å². The third kappa shape index (κ3) is 2.29. The molecule has 0 saturated carbocycles. The number of hydrogen-bond acceptors (Lipinski definition) is 3. The number of Topliss-reactive ketones (excluding diaryl/α,β-unsaturated/α-hetero) is 1. The minimum absolute atomic E-state index is 0.0674. The Morgan fingerprint density at radius 1 is 1.30 bits per heavy atom. The van der Waals surface area contributed by atoms with E-state index in [1.165, 1.54) is 0 Å². The molecular weight excluding hydrogens is 320 g/mol. The monoisotopic (exact) mass is 332 g/mol. The number of halogens is 1. The fourth-order valence-electron chi connectivity index (χ4n) is 2.27. The summed E-state index contributed by atoms with van der Waals surface area (Å²) in [4.78, 5) is 12.2. The Kier molecular flexibility index (Phi) is 3.44. The highest BCUT2D eigenvalue weighted by Crippen LogP contribution is 2.21. The molecule has 3 aromatic rings. The Labute approximate surface area is 124 Å². The van der Waals surface area contributed by atoms with Crippen LogP contribution in [0, 0.1) is 0 Å². The van der Waals surface area contributed by atoms with Crippen molar-refractivity contribution in [3.8, 4) is 0 Å². The number of furan rings is 1. The molecule has 0 unspecified atom stereocenters. The van der Waals surface area contributed by atoms with E-state index in [2.05, 4.69) is 21.0 Å². The molecule has 4 nitrogen and oxygen atoms in total. The van der Waals surface area contributed by atoms with Crippen molar-refractivity contribution in [2.75, 3.05) is 0 Å². The van der Waals surface area contributed by atoms with Gasteiger partial charge in [0.15, 0.2) is 10.4 Å². The molecule has 20 heavy (non-hydrogen) atoms. The molecule has 0 atom stereocenters. The Bertz CT molecular complexity index is 773. The second kappa shape index (κ2) is 5.25. The minimum atomic E-state index is -0.0674. The molecule has 0 saturated heterocycles. The molecule has 2 aromatic heterocycles. The van der Waals surface area contributed by atoms with Crippen molar-refractivity contribution in [2.24, 2.45) is 0 Å². The number of carbonyl (C=O) groups excluding carboxylic acids is 1. The summed E-state index contributed by atoms with van der Waals surface area (Å²) in [6.07, 6.45) is 0.244. The van der Waals surface area contributed by atoms with E-state index in [4.69, 9.17) is 4.42 Å². The van der Waals surface area contributed by atoms with Crippen molar-refractivity contribution in [2.45, 2.75) is 19.9 Å². The number of benzene rings is 1. The predicted molar refractivity (Wildman–Crippen MR) is 79.8 cm³/mol. The van der Waals surface area contributed by atoms with E-state index in [1.807, 2.05) is 35.9 Å². The summed E-state index contributed by atoms with van der Waals surface area (Å²) in [5.41, 5.74) is 1.85. The number of carbonyl (C=O) groups is 1. The quantitative estimate of drug-likeness (QED) is 0.682.